The van der Waals surface area contributed by atoms with Crippen LogP contribution in [0.5, 0.6) is 0 Å². The fraction of sp³-hybridized carbons (Fsp3) is 0.556. The maximum atomic E-state index is 12.0. The van der Waals surface area contributed by atoms with Crippen LogP contribution in [-0.4, -0.2) is 40.9 Å². The molecule has 0 bridgehead atoms. The van der Waals surface area contributed by atoms with Gasteiger partial charge in [0.1, 0.15) is 0 Å². The van der Waals surface area contributed by atoms with Gasteiger partial charge in [0.15, 0.2) is 0 Å². The first-order valence-corrected chi connectivity index (χ1v) is 8.52. The number of hydrogen-bond donors (Lipinski definition) is 4. The monoisotopic (exact) mass is 334 g/mol. The van der Waals surface area contributed by atoms with Gasteiger partial charge in [-0.15, -0.1) is 0 Å². The van der Waals surface area contributed by atoms with E-state index in [0.717, 1.165) is 24.8 Å². The Bertz CT molecular complexity index is 531. The lowest BCUT2D eigenvalue weighted by Gasteiger charge is -2.30. The van der Waals surface area contributed by atoms with Crippen molar-refractivity contribution in [1.82, 2.24) is 10.6 Å². The van der Waals surface area contributed by atoms with Gasteiger partial charge in [-0.2, -0.15) is 0 Å². The number of carboxylic acid groups (broad SMARTS) is 1. The lowest BCUT2D eigenvalue weighted by atomic mass is 9.81. The van der Waals surface area contributed by atoms with Crippen LogP contribution in [0.3, 0.4) is 0 Å². The SMILES string of the molecule is O=C(O)CCC(Cc1ccccc1)NC(=O)NCC(O)C1CCC1. The van der Waals surface area contributed by atoms with E-state index >= 15 is 0 Å². The zero-order valence-electron chi connectivity index (χ0n) is 13.8. The van der Waals surface area contributed by atoms with Gasteiger partial charge >= 0.3 is 12.0 Å². The summed E-state index contributed by atoms with van der Waals surface area (Å²) in [7, 11) is 0. The van der Waals surface area contributed by atoms with E-state index in [0.29, 0.717) is 12.8 Å². The summed E-state index contributed by atoms with van der Waals surface area (Å²) in [6.45, 7) is 0.230. The van der Waals surface area contributed by atoms with Gasteiger partial charge in [0.2, 0.25) is 0 Å². The molecule has 0 saturated heterocycles. The number of amides is 2. The number of benzene rings is 1. The quantitative estimate of drug-likeness (QED) is 0.554. The number of nitrogens with one attached hydrogen (secondary N) is 2. The molecule has 1 aliphatic carbocycles. The van der Waals surface area contributed by atoms with Gasteiger partial charge in [0, 0.05) is 19.0 Å². The van der Waals surface area contributed by atoms with Gasteiger partial charge in [0.25, 0.3) is 0 Å². The molecule has 0 aromatic heterocycles. The predicted octanol–water partition coefficient (Wildman–Crippen LogP) is 1.92. The van der Waals surface area contributed by atoms with Gasteiger partial charge in [-0.1, -0.05) is 36.8 Å². The molecule has 0 aliphatic heterocycles. The van der Waals surface area contributed by atoms with Gasteiger partial charge in [-0.05, 0) is 37.2 Å². The summed E-state index contributed by atoms with van der Waals surface area (Å²) in [5.74, 6) is -0.590. The third-order valence-electron chi connectivity index (χ3n) is 4.53. The first kappa shape index (κ1) is 18.3. The predicted molar refractivity (Wildman–Crippen MR) is 90.7 cm³/mol. The average Bonchev–Trinajstić information content (AvgIpc) is 2.50. The average molecular weight is 334 g/mol. The van der Waals surface area contributed by atoms with Crippen LogP contribution in [0.2, 0.25) is 0 Å². The second-order valence-corrected chi connectivity index (χ2v) is 6.43. The van der Waals surface area contributed by atoms with Crippen LogP contribution in [0, 0.1) is 5.92 Å². The maximum Gasteiger partial charge on any atom is 0.315 e. The number of carboxylic acids is 1. The summed E-state index contributed by atoms with van der Waals surface area (Å²) in [6.07, 6.45) is 3.61. The van der Waals surface area contributed by atoms with E-state index in [-0.39, 0.29) is 31.0 Å². The van der Waals surface area contributed by atoms with Gasteiger partial charge in [-0.3, -0.25) is 4.79 Å². The summed E-state index contributed by atoms with van der Waals surface area (Å²) >= 11 is 0. The number of hydrogen-bond acceptors (Lipinski definition) is 3. The van der Waals surface area contributed by atoms with Crippen molar-refractivity contribution in [2.75, 3.05) is 6.54 Å². The minimum absolute atomic E-state index is 0.00246. The van der Waals surface area contributed by atoms with E-state index < -0.39 is 12.1 Å². The van der Waals surface area contributed by atoms with E-state index in [1.165, 1.54) is 0 Å². The Hall–Kier alpha value is -2.08. The van der Waals surface area contributed by atoms with Crippen molar-refractivity contribution in [2.24, 2.45) is 5.92 Å². The molecule has 132 valence electrons. The normalized spacial score (nSPS) is 16.7. The van der Waals surface area contributed by atoms with Crippen LogP contribution >= 0.6 is 0 Å². The third-order valence-corrected chi connectivity index (χ3v) is 4.53. The highest BCUT2D eigenvalue weighted by Crippen LogP contribution is 2.29. The second-order valence-electron chi connectivity index (χ2n) is 6.43. The standard InChI is InChI=1S/C18H26N2O4/c21-16(14-7-4-8-14)12-19-18(24)20-15(9-10-17(22)23)11-13-5-2-1-3-6-13/h1-3,5-6,14-16,21H,4,7-12H2,(H,22,23)(H2,19,20,24). The van der Waals surface area contributed by atoms with Crippen molar-refractivity contribution in [3.05, 3.63) is 35.9 Å². The van der Waals surface area contributed by atoms with Crippen molar-refractivity contribution in [3.63, 3.8) is 0 Å². The van der Waals surface area contributed by atoms with Crippen molar-refractivity contribution in [1.29, 1.82) is 0 Å². The molecule has 2 rings (SSSR count). The zero-order valence-corrected chi connectivity index (χ0v) is 13.8. The largest absolute Gasteiger partial charge is 0.481 e. The summed E-state index contributed by atoms with van der Waals surface area (Å²) in [4.78, 5) is 22.9. The molecule has 6 nitrogen and oxygen atoms in total. The van der Waals surface area contributed by atoms with E-state index in [4.69, 9.17) is 5.11 Å². The molecule has 2 atom stereocenters. The molecule has 1 fully saturated rings. The fourth-order valence-electron chi connectivity index (χ4n) is 2.85. The van der Waals surface area contributed by atoms with Gasteiger partial charge < -0.3 is 20.8 Å². The van der Waals surface area contributed by atoms with Gasteiger partial charge in [0.05, 0.1) is 6.10 Å². The number of urea groups is 1. The molecule has 1 aromatic rings. The Labute approximate surface area is 142 Å². The number of aliphatic carboxylic acids is 1. The lowest BCUT2D eigenvalue weighted by Crippen LogP contribution is -2.47. The Morgan fingerprint density at radius 2 is 1.92 bits per heavy atom. The molecule has 2 amide bonds. The molecule has 0 spiro atoms. The third kappa shape index (κ3) is 6.20. The summed E-state index contributed by atoms with van der Waals surface area (Å²) in [5, 5.41) is 24.3. The molecule has 2 unspecified atom stereocenters. The van der Waals surface area contributed by atoms with E-state index in [9.17, 15) is 14.7 Å². The smallest absolute Gasteiger partial charge is 0.315 e. The number of aliphatic hydroxyl groups excluding tert-OH is 1. The second kappa shape index (κ2) is 9.27. The van der Waals surface area contributed by atoms with E-state index in [2.05, 4.69) is 10.6 Å². The highest BCUT2D eigenvalue weighted by atomic mass is 16.4. The van der Waals surface area contributed by atoms with Crippen LogP contribution in [0.15, 0.2) is 30.3 Å². The van der Waals surface area contributed by atoms with Crippen molar-refractivity contribution < 1.29 is 19.8 Å². The maximum absolute atomic E-state index is 12.0. The Kier molecular flexibility index (Phi) is 7.06. The molecule has 4 N–H and O–H groups in total. The number of carbonyl (C=O) groups excluding carboxylic acids is 1. The van der Waals surface area contributed by atoms with Crippen LogP contribution in [0.4, 0.5) is 4.79 Å². The fourth-order valence-corrected chi connectivity index (χ4v) is 2.85. The Balaban J connectivity index is 1.81. The number of rotatable bonds is 9. The van der Waals surface area contributed by atoms with E-state index in [1.54, 1.807) is 0 Å². The zero-order chi connectivity index (χ0) is 17.4. The van der Waals surface area contributed by atoms with Crippen LogP contribution < -0.4 is 10.6 Å². The van der Waals surface area contributed by atoms with Crippen LogP contribution in [0.25, 0.3) is 0 Å². The first-order valence-electron chi connectivity index (χ1n) is 8.52. The van der Waals surface area contributed by atoms with Gasteiger partial charge in [-0.25, -0.2) is 4.79 Å². The Morgan fingerprint density at radius 1 is 1.21 bits per heavy atom. The van der Waals surface area contributed by atoms with Crippen molar-refractivity contribution in [3.8, 4) is 0 Å². The number of aliphatic hydroxyl groups is 1. The highest BCUT2D eigenvalue weighted by Gasteiger charge is 2.25. The first-order chi connectivity index (χ1) is 11.5. The molecule has 0 radical (unpaired) electrons. The molecule has 0 heterocycles. The minimum atomic E-state index is -0.879. The van der Waals surface area contributed by atoms with Crippen LogP contribution in [-0.2, 0) is 11.2 Å². The molecular formula is C18H26N2O4. The number of carbonyl (C=O) groups is 2. The van der Waals surface area contributed by atoms with Crippen molar-refractivity contribution in [2.45, 2.75) is 50.7 Å². The van der Waals surface area contributed by atoms with Crippen LogP contribution in [0.1, 0.15) is 37.7 Å². The molecule has 24 heavy (non-hydrogen) atoms. The lowest BCUT2D eigenvalue weighted by molar-refractivity contribution is -0.137. The highest BCUT2D eigenvalue weighted by molar-refractivity contribution is 5.74. The molecular weight excluding hydrogens is 308 g/mol. The summed E-state index contributed by atoms with van der Waals surface area (Å²) in [5.41, 5.74) is 1.04. The molecule has 1 saturated carbocycles. The minimum Gasteiger partial charge on any atom is -0.481 e. The van der Waals surface area contributed by atoms with E-state index in [1.807, 2.05) is 30.3 Å². The Morgan fingerprint density at radius 3 is 2.50 bits per heavy atom. The summed E-state index contributed by atoms with van der Waals surface area (Å²) in [6, 6.07) is 9.03. The molecule has 1 aromatic carbocycles. The molecule has 6 heteroatoms. The topological polar surface area (TPSA) is 98.7 Å². The summed E-state index contributed by atoms with van der Waals surface area (Å²) < 4.78 is 0. The molecule has 1 aliphatic rings. The van der Waals surface area contributed by atoms with Crippen molar-refractivity contribution >= 4 is 12.0 Å².